The molecule has 1 fully saturated rings. The first kappa shape index (κ1) is 27.5. The fourth-order valence-corrected chi connectivity index (χ4v) is 6.34. The van der Waals surface area contributed by atoms with Crippen LogP contribution < -0.4 is 5.32 Å². The van der Waals surface area contributed by atoms with Gasteiger partial charge in [0, 0.05) is 31.2 Å². The molecule has 7 nitrogen and oxygen atoms in total. The first-order valence-electron chi connectivity index (χ1n) is 12.8. The van der Waals surface area contributed by atoms with Crippen molar-refractivity contribution in [3.05, 3.63) is 100 Å². The molecule has 2 N–H and O–H groups in total. The SMILES string of the molecule is CC(=O)NCc1cccc(-c2cccc(C3OC(CSc4nnc(C)s4)CC(c4ccc(CO)cc4)O3)c2)c1. The third-order valence-corrected chi connectivity index (χ3v) is 8.58. The van der Waals surface area contributed by atoms with Crippen molar-refractivity contribution in [2.45, 2.75) is 56.3 Å². The van der Waals surface area contributed by atoms with E-state index in [9.17, 15) is 9.90 Å². The van der Waals surface area contributed by atoms with Crippen LogP contribution in [0.1, 0.15) is 53.0 Å². The minimum atomic E-state index is -0.537. The number of aliphatic hydroxyl groups excluding tert-OH is 1. The molecule has 2 heterocycles. The number of carbonyl (C=O) groups excluding carboxylic acids is 1. The molecular formula is C30H31N3O4S2. The van der Waals surface area contributed by atoms with Crippen LogP contribution >= 0.6 is 23.1 Å². The van der Waals surface area contributed by atoms with E-state index in [-0.39, 0.29) is 24.7 Å². The average Bonchev–Trinajstić information content (AvgIpc) is 3.40. The molecule has 0 saturated carbocycles. The number of aryl methyl sites for hydroxylation is 1. The molecular weight excluding hydrogens is 530 g/mol. The molecule has 3 atom stereocenters. The van der Waals surface area contributed by atoms with Crippen molar-refractivity contribution in [1.29, 1.82) is 0 Å². The zero-order valence-corrected chi connectivity index (χ0v) is 23.5. The van der Waals surface area contributed by atoms with Gasteiger partial charge in [-0.3, -0.25) is 4.79 Å². The van der Waals surface area contributed by atoms with Crippen LogP contribution in [0.5, 0.6) is 0 Å². The van der Waals surface area contributed by atoms with Gasteiger partial charge in [0.2, 0.25) is 5.91 Å². The van der Waals surface area contributed by atoms with Crippen LogP contribution in [0.15, 0.2) is 77.1 Å². The summed E-state index contributed by atoms with van der Waals surface area (Å²) in [7, 11) is 0. The van der Waals surface area contributed by atoms with E-state index in [4.69, 9.17) is 9.47 Å². The van der Waals surface area contributed by atoms with E-state index in [2.05, 4.69) is 39.8 Å². The number of amides is 1. The van der Waals surface area contributed by atoms with Crippen molar-refractivity contribution in [2.75, 3.05) is 5.75 Å². The number of nitrogens with one attached hydrogen (secondary N) is 1. The van der Waals surface area contributed by atoms with Crippen molar-refractivity contribution in [1.82, 2.24) is 15.5 Å². The van der Waals surface area contributed by atoms with E-state index in [0.29, 0.717) is 13.0 Å². The highest BCUT2D eigenvalue weighted by molar-refractivity contribution is 8.01. The molecule has 0 radical (unpaired) electrons. The van der Waals surface area contributed by atoms with E-state index in [0.717, 1.165) is 48.5 Å². The van der Waals surface area contributed by atoms with Crippen LogP contribution in [0, 0.1) is 6.92 Å². The van der Waals surface area contributed by atoms with Crippen LogP contribution in [0.2, 0.25) is 0 Å². The number of thioether (sulfide) groups is 1. The van der Waals surface area contributed by atoms with Crippen molar-refractivity contribution in [3.8, 4) is 11.1 Å². The molecule has 1 aromatic heterocycles. The number of rotatable bonds is 9. The standard InChI is InChI=1S/C30H31N3O4S2/c1-19(35)31-16-22-5-3-6-24(13-22)25-7-4-8-26(14-25)29-36-27(18-38-30-33-32-20(2)39-30)15-28(37-29)23-11-9-21(17-34)10-12-23/h3-14,27-29,34H,15-18H2,1-2H3,(H,31,35). The smallest absolute Gasteiger partial charge is 0.217 e. The largest absolute Gasteiger partial charge is 0.392 e. The average molecular weight is 562 g/mol. The second kappa shape index (κ2) is 12.8. The van der Waals surface area contributed by atoms with E-state index < -0.39 is 6.29 Å². The Morgan fingerprint density at radius 1 is 1.00 bits per heavy atom. The Hall–Kier alpha value is -3.08. The summed E-state index contributed by atoms with van der Waals surface area (Å²) in [6.45, 7) is 3.97. The van der Waals surface area contributed by atoms with Gasteiger partial charge < -0.3 is 19.9 Å². The molecule has 5 rings (SSSR count). The van der Waals surface area contributed by atoms with Crippen molar-refractivity contribution >= 4 is 29.0 Å². The zero-order valence-electron chi connectivity index (χ0n) is 21.9. The molecule has 1 saturated heterocycles. The zero-order chi connectivity index (χ0) is 27.2. The summed E-state index contributed by atoms with van der Waals surface area (Å²) in [6.07, 6.45) is -0.0245. The van der Waals surface area contributed by atoms with Crippen LogP contribution in [-0.2, 0) is 27.4 Å². The Balaban J connectivity index is 1.38. The van der Waals surface area contributed by atoms with Crippen molar-refractivity contribution in [3.63, 3.8) is 0 Å². The molecule has 39 heavy (non-hydrogen) atoms. The van der Waals surface area contributed by atoms with E-state index in [1.807, 2.05) is 55.5 Å². The lowest BCUT2D eigenvalue weighted by atomic mass is 9.99. The van der Waals surface area contributed by atoms with Gasteiger partial charge >= 0.3 is 0 Å². The summed E-state index contributed by atoms with van der Waals surface area (Å²) < 4.78 is 14.0. The normalized spacial score (nSPS) is 19.1. The first-order valence-corrected chi connectivity index (χ1v) is 14.6. The molecule has 202 valence electrons. The predicted molar refractivity (Wildman–Crippen MR) is 153 cm³/mol. The molecule has 0 aliphatic carbocycles. The molecule has 0 bridgehead atoms. The first-order chi connectivity index (χ1) is 19.0. The Bertz CT molecular complexity index is 1410. The van der Waals surface area contributed by atoms with Crippen LogP contribution in [0.4, 0.5) is 0 Å². The minimum absolute atomic E-state index is 0.0108. The van der Waals surface area contributed by atoms with Gasteiger partial charge in [-0.2, -0.15) is 0 Å². The number of ether oxygens (including phenoxy) is 2. The van der Waals surface area contributed by atoms with E-state index >= 15 is 0 Å². The molecule has 3 unspecified atom stereocenters. The van der Waals surface area contributed by atoms with Crippen LogP contribution in [0.25, 0.3) is 11.1 Å². The van der Waals surface area contributed by atoms with Gasteiger partial charge in [0.25, 0.3) is 0 Å². The lowest BCUT2D eigenvalue weighted by molar-refractivity contribution is -0.245. The molecule has 3 aromatic carbocycles. The maximum absolute atomic E-state index is 11.3. The third kappa shape index (κ3) is 7.32. The summed E-state index contributed by atoms with van der Waals surface area (Å²) >= 11 is 3.25. The van der Waals surface area contributed by atoms with Gasteiger partial charge in [0.05, 0.1) is 18.8 Å². The molecule has 1 amide bonds. The van der Waals surface area contributed by atoms with E-state index in [1.54, 1.807) is 23.1 Å². The number of aliphatic hydroxyl groups is 1. The topological polar surface area (TPSA) is 93.6 Å². The second-order valence-electron chi connectivity index (χ2n) is 9.48. The Morgan fingerprint density at radius 3 is 2.49 bits per heavy atom. The summed E-state index contributed by atoms with van der Waals surface area (Å²) in [4.78, 5) is 11.3. The predicted octanol–water partition coefficient (Wildman–Crippen LogP) is 5.98. The van der Waals surface area contributed by atoms with Crippen LogP contribution in [-0.4, -0.2) is 33.1 Å². The second-order valence-corrected chi connectivity index (χ2v) is 11.9. The number of hydrogen-bond donors (Lipinski definition) is 2. The van der Waals surface area contributed by atoms with Gasteiger partial charge in [-0.25, -0.2) is 0 Å². The molecule has 0 spiro atoms. The summed E-state index contributed by atoms with van der Waals surface area (Å²) in [5.41, 5.74) is 6.02. The number of aromatic nitrogens is 2. The Kier molecular flexibility index (Phi) is 9.06. The van der Waals surface area contributed by atoms with Gasteiger partial charge in [-0.1, -0.05) is 83.8 Å². The number of benzene rings is 3. The van der Waals surface area contributed by atoms with Gasteiger partial charge in [-0.15, -0.1) is 10.2 Å². The maximum atomic E-state index is 11.3. The van der Waals surface area contributed by atoms with Gasteiger partial charge in [0.15, 0.2) is 10.6 Å². The Labute approximate surface area is 236 Å². The fraction of sp³-hybridized carbons (Fsp3) is 0.300. The highest BCUT2D eigenvalue weighted by Crippen LogP contribution is 2.40. The quantitative estimate of drug-likeness (QED) is 0.243. The fourth-order valence-electron chi connectivity index (χ4n) is 4.48. The monoisotopic (exact) mass is 561 g/mol. The molecule has 4 aromatic rings. The summed E-state index contributed by atoms with van der Waals surface area (Å²) in [5.74, 6) is 0.688. The highest BCUT2D eigenvalue weighted by atomic mass is 32.2. The highest BCUT2D eigenvalue weighted by Gasteiger charge is 2.32. The number of carbonyl (C=O) groups is 1. The minimum Gasteiger partial charge on any atom is -0.392 e. The molecule has 1 aliphatic rings. The van der Waals surface area contributed by atoms with Crippen molar-refractivity contribution in [2.24, 2.45) is 0 Å². The maximum Gasteiger partial charge on any atom is 0.217 e. The lowest BCUT2D eigenvalue weighted by Crippen LogP contribution is -2.31. The lowest BCUT2D eigenvalue weighted by Gasteiger charge is -2.36. The number of hydrogen-bond acceptors (Lipinski definition) is 8. The Morgan fingerprint density at radius 2 is 1.77 bits per heavy atom. The third-order valence-electron chi connectivity index (χ3n) is 6.48. The van der Waals surface area contributed by atoms with Crippen molar-refractivity contribution < 1.29 is 19.4 Å². The van der Waals surface area contributed by atoms with Crippen LogP contribution in [0.3, 0.4) is 0 Å². The molecule has 9 heteroatoms. The molecule has 1 aliphatic heterocycles. The van der Waals surface area contributed by atoms with Gasteiger partial charge in [-0.05, 0) is 46.9 Å². The van der Waals surface area contributed by atoms with E-state index in [1.165, 1.54) is 6.92 Å². The van der Waals surface area contributed by atoms with Gasteiger partial charge in [0.1, 0.15) is 5.01 Å². The number of nitrogens with zero attached hydrogens (tertiary/aromatic N) is 2. The summed E-state index contributed by atoms with van der Waals surface area (Å²) in [5, 5.41) is 21.6. The summed E-state index contributed by atoms with van der Waals surface area (Å²) in [6, 6.07) is 24.3.